The quantitative estimate of drug-likeness (QED) is 0.359. The maximum Gasteiger partial charge on any atom is 0.242 e. The van der Waals surface area contributed by atoms with E-state index < -0.39 is 6.43 Å². The zero-order valence-electron chi connectivity index (χ0n) is 26.8. The van der Waals surface area contributed by atoms with E-state index in [0.29, 0.717) is 17.1 Å². The van der Waals surface area contributed by atoms with Gasteiger partial charge in [0.2, 0.25) is 6.43 Å². The first-order chi connectivity index (χ1) is 21.6. The molecule has 2 aromatic rings. The number of anilines is 1. The molecular formula is C36H45F2N7. The van der Waals surface area contributed by atoms with Crippen LogP contribution in [0.1, 0.15) is 29.2 Å². The Labute approximate surface area is 266 Å². The molecule has 0 spiro atoms. The fraction of sp³-hybridized carbons (Fsp3) is 0.361. The molecule has 0 bridgehead atoms. The fourth-order valence-corrected chi connectivity index (χ4v) is 6.09. The number of nitrogens with zero attached hydrogens (tertiary/aromatic N) is 6. The van der Waals surface area contributed by atoms with Crippen molar-refractivity contribution < 1.29 is 8.78 Å². The van der Waals surface area contributed by atoms with Crippen LogP contribution in [0.4, 0.5) is 14.5 Å². The number of allylic oxidation sites excluding steroid dienone is 1. The predicted molar refractivity (Wildman–Crippen MR) is 183 cm³/mol. The monoisotopic (exact) mass is 613 g/mol. The molecule has 9 heteroatoms. The van der Waals surface area contributed by atoms with E-state index in [0.717, 1.165) is 92.0 Å². The smallest absolute Gasteiger partial charge is 0.242 e. The molecule has 7 nitrogen and oxygen atoms in total. The van der Waals surface area contributed by atoms with E-state index in [1.165, 1.54) is 0 Å². The topological polar surface area (TPSA) is 40.6 Å². The largest absolute Gasteiger partial charge is 0.368 e. The van der Waals surface area contributed by atoms with E-state index in [1.807, 2.05) is 36.2 Å². The second-order valence-corrected chi connectivity index (χ2v) is 11.8. The lowest BCUT2D eigenvalue weighted by atomic mass is 10.0. The average molecular weight is 614 g/mol. The van der Waals surface area contributed by atoms with E-state index in [9.17, 15) is 8.78 Å². The number of aryl methyl sites for hydroxylation is 1. The number of halogens is 2. The van der Waals surface area contributed by atoms with Crippen molar-refractivity contribution in [2.24, 2.45) is 4.99 Å². The van der Waals surface area contributed by atoms with E-state index in [1.54, 1.807) is 18.3 Å². The highest BCUT2D eigenvalue weighted by molar-refractivity contribution is 6.09. The molecule has 0 aromatic heterocycles. The fourth-order valence-electron chi connectivity index (χ4n) is 6.09. The Morgan fingerprint density at radius 2 is 1.56 bits per heavy atom. The van der Waals surface area contributed by atoms with Gasteiger partial charge in [-0.25, -0.2) is 13.8 Å². The minimum absolute atomic E-state index is 0.252. The van der Waals surface area contributed by atoms with Crippen LogP contribution in [-0.2, 0) is 6.42 Å². The van der Waals surface area contributed by atoms with Crippen molar-refractivity contribution in [3.63, 3.8) is 0 Å². The standard InChI is InChI=1S/C36H45F2N7/c1-7-34(31-10-8-30(9-11-31)25-35(37)38)45-15-14-39-36(28(45)4)40-32-12-13-33(26(2)24-32)27(3)42-20-22-44(23-21-42)29(5)43-18-16-41(6)17-19-43/h7-15,24,35H,3-5,16-23,25H2,1-2,6H3,(H,39,40)/b34-7-. The molecule has 3 heterocycles. The van der Waals surface area contributed by atoms with Crippen LogP contribution < -0.4 is 5.32 Å². The van der Waals surface area contributed by atoms with Crippen molar-refractivity contribution in [2.75, 3.05) is 64.7 Å². The van der Waals surface area contributed by atoms with Gasteiger partial charge in [-0.1, -0.05) is 56.1 Å². The number of amidine groups is 1. The second-order valence-electron chi connectivity index (χ2n) is 11.8. The normalized spacial score (nSPS) is 18.0. The number of aliphatic imine (C=N–C) groups is 1. The molecular weight excluding hydrogens is 568 g/mol. The van der Waals surface area contributed by atoms with Crippen LogP contribution >= 0.6 is 0 Å². The number of rotatable bonds is 9. The van der Waals surface area contributed by atoms with Gasteiger partial charge in [-0.05, 0) is 49.7 Å². The van der Waals surface area contributed by atoms with Crippen molar-refractivity contribution in [3.8, 4) is 0 Å². The molecule has 2 fully saturated rings. The summed E-state index contributed by atoms with van der Waals surface area (Å²) in [7, 11) is 2.17. The highest BCUT2D eigenvalue weighted by Gasteiger charge is 2.25. The van der Waals surface area contributed by atoms with E-state index in [-0.39, 0.29) is 6.42 Å². The van der Waals surface area contributed by atoms with Gasteiger partial charge in [0.15, 0.2) is 5.84 Å². The van der Waals surface area contributed by atoms with E-state index in [4.69, 9.17) is 0 Å². The van der Waals surface area contributed by atoms with Gasteiger partial charge in [0.25, 0.3) is 0 Å². The highest BCUT2D eigenvalue weighted by Crippen LogP contribution is 2.29. The minimum atomic E-state index is -2.36. The molecule has 5 rings (SSSR count). The number of alkyl halides is 2. The van der Waals surface area contributed by atoms with Gasteiger partial charge in [0, 0.05) is 93.8 Å². The molecule has 0 unspecified atom stereocenters. The summed E-state index contributed by atoms with van der Waals surface area (Å²) in [6.07, 6.45) is 2.95. The highest BCUT2D eigenvalue weighted by atomic mass is 19.3. The molecule has 238 valence electrons. The Hall–Kier alpha value is -4.37. The Morgan fingerprint density at radius 3 is 2.16 bits per heavy atom. The predicted octanol–water partition coefficient (Wildman–Crippen LogP) is 6.28. The van der Waals surface area contributed by atoms with Crippen molar-refractivity contribution in [1.29, 1.82) is 0 Å². The first-order valence-electron chi connectivity index (χ1n) is 15.6. The van der Waals surface area contributed by atoms with Crippen LogP contribution in [0.15, 0.2) is 97.2 Å². The molecule has 0 amide bonds. The van der Waals surface area contributed by atoms with Crippen LogP contribution in [0.5, 0.6) is 0 Å². The maximum absolute atomic E-state index is 12.8. The molecule has 2 aromatic carbocycles. The van der Waals surface area contributed by atoms with Crippen molar-refractivity contribution >= 4 is 22.9 Å². The van der Waals surface area contributed by atoms with Crippen LogP contribution in [-0.4, -0.2) is 96.2 Å². The SMILES string of the molecule is C=C(c1ccc(NC2=NC=CN(/C(=C\C)c3ccc(CC(F)F)cc3)C2=C)cc1C)N1CCN(C(=C)N2CCN(C)CC2)CC1. The van der Waals surface area contributed by atoms with Gasteiger partial charge in [-0.3, -0.25) is 0 Å². The number of nitrogens with one attached hydrogen (secondary N) is 1. The van der Waals surface area contributed by atoms with Gasteiger partial charge >= 0.3 is 0 Å². The summed E-state index contributed by atoms with van der Waals surface area (Å²) in [6, 6.07) is 13.5. The summed E-state index contributed by atoms with van der Waals surface area (Å²) < 4.78 is 25.6. The first-order valence-corrected chi connectivity index (χ1v) is 15.6. The van der Waals surface area contributed by atoms with Gasteiger partial charge in [-0.15, -0.1) is 0 Å². The Balaban J connectivity index is 1.19. The Morgan fingerprint density at radius 1 is 0.933 bits per heavy atom. The van der Waals surface area contributed by atoms with Crippen molar-refractivity contribution in [2.45, 2.75) is 26.7 Å². The lowest BCUT2D eigenvalue weighted by Gasteiger charge is -2.44. The van der Waals surface area contributed by atoms with Gasteiger partial charge in [0.1, 0.15) is 0 Å². The molecule has 2 saturated heterocycles. The van der Waals surface area contributed by atoms with Crippen LogP contribution in [0, 0.1) is 6.92 Å². The molecule has 0 aliphatic carbocycles. The van der Waals surface area contributed by atoms with Gasteiger partial charge < -0.3 is 29.8 Å². The second kappa shape index (κ2) is 14.2. The number of hydrogen-bond donors (Lipinski definition) is 1. The third-order valence-electron chi connectivity index (χ3n) is 8.85. The van der Waals surface area contributed by atoms with Crippen LogP contribution in [0.25, 0.3) is 11.4 Å². The van der Waals surface area contributed by atoms with Gasteiger partial charge in [0.05, 0.1) is 11.5 Å². The summed E-state index contributed by atoms with van der Waals surface area (Å²) >= 11 is 0. The zero-order chi connectivity index (χ0) is 32.1. The van der Waals surface area contributed by atoms with Crippen molar-refractivity contribution in [3.05, 3.63) is 114 Å². The van der Waals surface area contributed by atoms with E-state index in [2.05, 4.69) is 81.8 Å². The first kappa shape index (κ1) is 32.0. The lowest BCUT2D eigenvalue weighted by molar-refractivity contribution is 0.117. The van der Waals surface area contributed by atoms with Gasteiger partial charge in [-0.2, -0.15) is 0 Å². The van der Waals surface area contributed by atoms with Crippen LogP contribution in [0.3, 0.4) is 0 Å². The molecule has 45 heavy (non-hydrogen) atoms. The maximum atomic E-state index is 12.8. The summed E-state index contributed by atoms with van der Waals surface area (Å²) in [5.74, 6) is 1.78. The molecule has 0 saturated carbocycles. The Bertz CT molecular complexity index is 1490. The minimum Gasteiger partial charge on any atom is -0.368 e. The summed E-state index contributed by atoms with van der Waals surface area (Å²) in [6.45, 7) is 25.2. The number of likely N-dealkylation sites (N-methyl/N-ethyl adjacent to an activating group) is 1. The average Bonchev–Trinajstić information content (AvgIpc) is 3.03. The molecule has 0 radical (unpaired) electrons. The zero-order valence-corrected chi connectivity index (χ0v) is 26.8. The third-order valence-corrected chi connectivity index (χ3v) is 8.85. The lowest BCUT2D eigenvalue weighted by Crippen LogP contribution is -2.51. The van der Waals surface area contributed by atoms with Crippen LogP contribution in [0.2, 0.25) is 0 Å². The third kappa shape index (κ3) is 7.48. The summed E-state index contributed by atoms with van der Waals surface area (Å²) in [5.41, 5.74) is 7.29. The number of hydrogen-bond acceptors (Lipinski definition) is 7. The molecule has 3 aliphatic rings. The summed E-state index contributed by atoms with van der Waals surface area (Å²) in [5, 5.41) is 3.44. The number of piperazine rings is 2. The van der Waals surface area contributed by atoms with E-state index >= 15 is 0 Å². The molecule has 1 N–H and O–H groups in total. The van der Waals surface area contributed by atoms with Crippen molar-refractivity contribution in [1.82, 2.24) is 24.5 Å². The molecule has 3 aliphatic heterocycles. The number of benzene rings is 2. The summed E-state index contributed by atoms with van der Waals surface area (Å²) in [4.78, 5) is 16.1. The Kier molecular flexibility index (Phi) is 10.1. The molecule has 0 atom stereocenters.